The monoisotopic (exact) mass is 487 g/mol. The number of benzene rings is 1. The summed E-state index contributed by atoms with van der Waals surface area (Å²) >= 11 is 0. The van der Waals surface area contributed by atoms with Crippen LogP contribution in [0.25, 0.3) is 0 Å². The van der Waals surface area contributed by atoms with Crippen LogP contribution in [0, 0.1) is 10.1 Å². The van der Waals surface area contributed by atoms with Gasteiger partial charge in [0.05, 0.1) is 23.3 Å². The van der Waals surface area contributed by atoms with Gasteiger partial charge in [-0.2, -0.15) is 0 Å². The lowest BCUT2D eigenvalue weighted by Crippen LogP contribution is -2.45. The lowest BCUT2D eigenvalue weighted by atomic mass is 10.2. The Labute approximate surface area is 190 Å². The lowest BCUT2D eigenvalue weighted by molar-refractivity contribution is -0.384. The molecule has 0 aromatic heterocycles. The van der Waals surface area contributed by atoms with Gasteiger partial charge in [-0.3, -0.25) is 10.1 Å². The van der Waals surface area contributed by atoms with Crippen LogP contribution < -0.4 is 4.72 Å². The highest BCUT2D eigenvalue weighted by molar-refractivity contribution is 7.88. The Morgan fingerprint density at radius 1 is 1.28 bits per heavy atom. The number of nitro groups is 1. The fraction of sp³-hybridized carbons (Fsp3) is 0.650. The molecule has 1 heterocycles. The van der Waals surface area contributed by atoms with Crippen molar-refractivity contribution in [3.8, 4) is 0 Å². The number of non-ortho nitro benzene ring substituents is 1. The van der Waals surface area contributed by atoms with Gasteiger partial charge in [0.1, 0.15) is 6.61 Å². The largest absolute Gasteiger partial charge is 0.445 e. The third kappa shape index (κ3) is 7.25. The number of hydrogen-bond donors (Lipinski definition) is 1. The molecule has 2 atom stereocenters. The Morgan fingerprint density at radius 2 is 1.88 bits per heavy atom. The molecule has 1 aliphatic heterocycles. The number of ether oxygens (including phenoxy) is 1. The van der Waals surface area contributed by atoms with E-state index in [0.717, 1.165) is 6.26 Å². The summed E-state index contributed by atoms with van der Waals surface area (Å²) < 4.78 is 37.5. The van der Waals surface area contributed by atoms with Crippen LogP contribution in [0.4, 0.5) is 10.5 Å². The number of nitro benzene ring substituents is 1. The molecule has 0 aliphatic carbocycles. The standard InChI is InChI=1S/C20H33N3O7SSi/c1-20(2,3)32(5,6)30-18-11-17(12-21-31(4,27)28)22(13-18)19(24)29-14-15-7-9-16(10-8-15)23(25)26/h7-10,17-18,21H,11-14H2,1-6H3. The molecule has 0 spiro atoms. The van der Waals surface area contributed by atoms with E-state index in [1.807, 2.05) is 0 Å². The normalized spacial score (nSPS) is 19.8. The van der Waals surface area contributed by atoms with E-state index in [0.29, 0.717) is 18.5 Å². The topological polar surface area (TPSA) is 128 Å². The number of nitrogens with zero attached hydrogens (tertiary/aromatic N) is 2. The summed E-state index contributed by atoms with van der Waals surface area (Å²) in [7, 11) is -5.50. The predicted molar refractivity (Wildman–Crippen MR) is 123 cm³/mol. The molecule has 2 unspecified atom stereocenters. The molecule has 1 amide bonds. The minimum Gasteiger partial charge on any atom is -0.445 e. The second kappa shape index (κ2) is 9.85. The Kier molecular flexibility index (Phi) is 8.08. The van der Waals surface area contributed by atoms with E-state index < -0.39 is 35.4 Å². The highest BCUT2D eigenvalue weighted by atomic mass is 32.2. The minimum atomic E-state index is -3.42. The van der Waals surface area contributed by atoms with Gasteiger partial charge in [0.2, 0.25) is 10.0 Å². The molecule has 180 valence electrons. The number of carbonyl (C=O) groups excluding carboxylic acids is 1. The van der Waals surface area contributed by atoms with Crippen LogP contribution >= 0.6 is 0 Å². The smallest absolute Gasteiger partial charge is 0.410 e. The molecular weight excluding hydrogens is 454 g/mol. The van der Waals surface area contributed by atoms with E-state index in [-0.39, 0.29) is 30.0 Å². The highest BCUT2D eigenvalue weighted by Crippen LogP contribution is 2.39. The number of carbonyl (C=O) groups is 1. The van der Waals surface area contributed by atoms with E-state index in [4.69, 9.17) is 9.16 Å². The Bertz CT molecular complexity index is 930. The molecule has 2 rings (SSSR count). The van der Waals surface area contributed by atoms with Crippen LogP contribution in [0.2, 0.25) is 18.1 Å². The minimum absolute atomic E-state index is 0.00263. The van der Waals surface area contributed by atoms with E-state index in [1.54, 1.807) is 0 Å². The van der Waals surface area contributed by atoms with Crippen LogP contribution in [-0.2, 0) is 25.8 Å². The van der Waals surface area contributed by atoms with Crippen molar-refractivity contribution in [3.05, 3.63) is 39.9 Å². The van der Waals surface area contributed by atoms with Gasteiger partial charge in [0, 0.05) is 25.2 Å². The van der Waals surface area contributed by atoms with Gasteiger partial charge in [-0.05, 0) is 42.2 Å². The van der Waals surface area contributed by atoms with Crippen LogP contribution in [0.5, 0.6) is 0 Å². The molecule has 32 heavy (non-hydrogen) atoms. The molecule has 0 saturated carbocycles. The maximum absolute atomic E-state index is 12.8. The molecule has 1 aromatic carbocycles. The highest BCUT2D eigenvalue weighted by Gasteiger charge is 2.44. The first-order valence-corrected chi connectivity index (χ1v) is 15.2. The molecule has 1 aliphatic rings. The van der Waals surface area contributed by atoms with Crippen molar-refractivity contribution in [1.82, 2.24) is 9.62 Å². The van der Waals surface area contributed by atoms with Crippen molar-refractivity contribution in [1.29, 1.82) is 0 Å². The van der Waals surface area contributed by atoms with Gasteiger partial charge in [-0.1, -0.05) is 20.8 Å². The second-order valence-corrected chi connectivity index (χ2v) is 16.2. The maximum atomic E-state index is 12.8. The van der Waals surface area contributed by atoms with Crippen molar-refractivity contribution >= 4 is 30.1 Å². The van der Waals surface area contributed by atoms with Crippen LogP contribution in [0.15, 0.2) is 24.3 Å². The molecule has 0 radical (unpaired) electrons. The summed E-state index contributed by atoms with van der Waals surface area (Å²) in [5.41, 5.74) is 0.570. The molecular formula is C20H33N3O7SSi. The van der Waals surface area contributed by atoms with E-state index in [9.17, 15) is 23.3 Å². The molecule has 12 heteroatoms. The SMILES string of the molecule is CC(C)(C)[Si](C)(C)OC1CC(CNS(C)(=O)=O)N(C(=O)OCc2ccc([N+](=O)[O-])cc2)C1. The van der Waals surface area contributed by atoms with Crippen LogP contribution in [0.3, 0.4) is 0 Å². The Balaban J connectivity index is 2.07. The Hall–Kier alpha value is -2.02. The van der Waals surface area contributed by atoms with Crippen molar-refractivity contribution in [3.63, 3.8) is 0 Å². The summed E-state index contributed by atoms with van der Waals surface area (Å²) in [6.07, 6.45) is 0.781. The van der Waals surface area contributed by atoms with Crippen molar-refractivity contribution in [2.45, 2.75) is 64.1 Å². The fourth-order valence-electron chi connectivity index (χ4n) is 3.16. The first kappa shape index (κ1) is 26.2. The molecule has 1 saturated heterocycles. The lowest BCUT2D eigenvalue weighted by Gasteiger charge is -2.38. The van der Waals surface area contributed by atoms with Crippen molar-refractivity contribution in [2.24, 2.45) is 0 Å². The number of hydrogen-bond acceptors (Lipinski definition) is 7. The summed E-state index contributed by atoms with van der Waals surface area (Å²) in [4.78, 5) is 24.6. The molecule has 10 nitrogen and oxygen atoms in total. The summed E-state index contributed by atoms with van der Waals surface area (Å²) in [5.74, 6) is 0. The van der Waals surface area contributed by atoms with Gasteiger partial charge in [0.25, 0.3) is 5.69 Å². The van der Waals surface area contributed by atoms with Crippen molar-refractivity contribution in [2.75, 3.05) is 19.3 Å². The van der Waals surface area contributed by atoms with Gasteiger partial charge in [-0.25, -0.2) is 17.9 Å². The van der Waals surface area contributed by atoms with Gasteiger partial charge >= 0.3 is 6.09 Å². The number of likely N-dealkylation sites (tertiary alicyclic amines) is 1. The zero-order valence-electron chi connectivity index (χ0n) is 19.5. The van der Waals surface area contributed by atoms with Gasteiger partial charge < -0.3 is 14.1 Å². The molecule has 1 aromatic rings. The van der Waals surface area contributed by atoms with E-state index in [1.165, 1.54) is 29.2 Å². The number of rotatable bonds is 8. The zero-order valence-corrected chi connectivity index (χ0v) is 21.3. The summed E-state index contributed by atoms with van der Waals surface area (Å²) in [6, 6.07) is 5.36. The molecule has 0 bridgehead atoms. The molecule has 1 fully saturated rings. The second-order valence-electron chi connectivity index (χ2n) is 9.64. The maximum Gasteiger partial charge on any atom is 0.410 e. The predicted octanol–water partition coefficient (Wildman–Crippen LogP) is 3.25. The average Bonchev–Trinajstić information content (AvgIpc) is 3.05. The van der Waals surface area contributed by atoms with Gasteiger partial charge in [-0.15, -0.1) is 0 Å². The first-order valence-electron chi connectivity index (χ1n) is 10.4. The first-order chi connectivity index (χ1) is 14.6. The average molecular weight is 488 g/mol. The zero-order chi connectivity index (χ0) is 24.3. The van der Waals surface area contributed by atoms with Crippen molar-refractivity contribution < 1.29 is 27.3 Å². The molecule has 1 N–H and O–H groups in total. The number of sulfonamides is 1. The number of amides is 1. The van der Waals surface area contributed by atoms with E-state index in [2.05, 4.69) is 38.6 Å². The van der Waals surface area contributed by atoms with Gasteiger partial charge in [0.15, 0.2) is 8.32 Å². The summed E-state index contributed by atoms with van der Waals surface area (Å²) in [6.45, 7) is 11.0. The van der Waals surface area contributed by atoms with Crippen LogP contribution in [0.1, 0.15) is 32.8 Å². The van der Waals surface area contributed by atoms with Crippen LogP contribution in [-0.4, -0.2) is 64.1 Å². The quantitative estimate of drug-likeness (QED) is 0.339. The summed E-state index contributed by atoms with van der Waals surface area (Å²) in [5, 5.41) is 10.8. The fourth-order valence-corrected chi connectivity index (χ4v) is 5.01. The number of nitrogens with one attached hydrogen (secondary N) is 1. The third-order valence-corrected chi connectivity index (χ3v) is 11.2. The Morgan fingerprint density at radius 3 is 2.38 bits per heavy atom. The third-order valence-electron chi connectivity index (χ3n) is 5.97. The van der Waals surface area contributed by atoms with E-state index >= 15 is 0 Å².